The van der Waals surface area contributed by atoms with Gasteiger partial charge in [0.15, 0.2) is 6.29 Å². The minimum Gasteiger partial charge on any atom is -0.469 e. The number of nitrogens with one attached hydrogen (secondary N) is 3. The van der Waals surface area contributed by atoms with E-state index in [1.807, 2.05) is 91.9 Å². The zero-order valence-corrected chi connectivity index (χ0v) is 35.9. The molecule has 3 N–H and O–H groups in total. The largest absolute Gasteiger partial charge is 0.469 e. The zero-order valence-electron chi connectivity index (χ0n) is 34.3. The summed E-state index contributed by atoms with van der Waals surface area (Å²) in [6.45, 7) is 4.04. The van der Waals surface area contributed by atoms with Crippen molar-refractivity contribution in [3.63, 3.8) is 0 Å². The number of thiophene rings is 2. The molecule has 0 fully saturated rings. The summed E-state index contributed by atoms with van der Waals surface area (Å²) in [4.78, 5) is 89.0. The van der Waals surface area contributed by atoms with E-state index in [4.69, 9.17) is 9.47 Å². The molecule has 17 heteroatoms. The molecule has 0 radical (unpaired) electrons. The van der Waals surface area contributed by atoms with Gasteiger partial charge in [-0.3, -0.25) is 28.9 Å². The van der Waals surface area contributed by atoms with Gasteiger partial charge < -0.3 is 34.9 Å². The molecule has 2 atom stereocenters. The number of anilines is 2. The van der Waals surface area contributed by atoms with E-state index < -0.39 is 54.4 Å². The van der Waals surface area contributed by atoms with Crippen LogP contribution in [-0.2, 0) is 51.3 Å². The number of alkyl carbamates (subject to hydrolysis) is 1. The van der Waals surface area contributed by atoms with Crippen LogP contribution >= 0.6 is 22.7 Å². The van der Waals surface area contributed by atoms with E-state index in [0.29, 0.717) is 21.9 Å². The van der Waals surface area contributed by atoms with Crippen molar-refractivity contribution in [3.8, 4) is 11.1 Å². The van der Waals surface area contributed by atoms with Crippen molar-refractivity contribution in [2.24, 2.45) is 0 Å². The van der Waals surface area contributed by atoms with Crippen molar-refractivity contribution in [2.75, 3.05) is 31.5 Å². The van der Waals surface area contributed by atoms with E-state index in [-0.39, 0.29) is 32.1 Å². The molecule has 3 aromatic carbocycles. The number of amides is 4. The molecule has 62 heavy (non-hydrogen) atoms. The van der Waals surface area contributed by atoms with Crippen LogP contribution in [0.15, 0.2) is 91.0 Å². The third kappa shape index (κ3) is 10.9. The molecule has 0 saturated heterocycles. The van der Waals surface area contributed by atoms with Crippen LogP contribution < -0.4 is 16.0 Å². The van der Waals surface area contributed by atoms with Crippen LogP contribution in [0.2, 0.25) is 0 Å². The van der Waals surface area contributed by atoms with Crippen LogP contribution in [0.25, 0.3) is 11.1 Å². The molecular weight excluding hydrogens is 837 g/mol. The molecule has 4 amide bonds. The van der Waals surface area contributed by atoms with Crippen molar-refractivity contribution >= 4 is 74.9 Å². The molecule has 15 nitrogen and oxygen atoms in total. The monoisotopic (exact) mass is 880 g/mol. The van der Waals surface area contributed by atoms with Gasteiger partial charge in [-0.25, -0.2) is 9.59 Å². The number of aldehydes is 1. The second kappa shape index (κ2) is 20.6. The lowest BCUT2D eigenvalue weighted by Gasteiger charge is -2.27. The predicted molar refractivity (Wildman–Crippen MR) is 232 cm³/mol. The molecule has 2 aromatic heterocycles. The van der Waals surface area contributed by atoms with Crippen LogP contribution in [0, 0.1) is 13.8 Å². The summed E-state index contributed by atoms with van der Waals surface area (Å²) in [5.41, 5.74) is 6.27. The Hall–Kier alpha value is -6.85. The third-order valence-corrected chi connectivity index (χ3v) is 12.0. The van der Waals surface area contributed by atoms with Crippen LogP contribution in [0.1, 0.15) is 61.1 Å². The number of hydrogen-bond donors (Lipinski definition) is 3. The number of hydrogen-bond acceptors (Lipinski definition) is 13. The van der Waals surface area contributed by atoms with Gasteiger partial charge in [-0.1, -0.05) is 78.9 Å². The molecule has 0 bridgehead atoms. The summed E-state index contributed by atoms with van der Waals surface area (Å²) in [6, 6.07) is 26.4. The Bertz CT molecular complexity index is 2420. The summed E-state index contributed by atoms with van der Waals surface area (Å²) in [5, 5.41) is 8.90. The van der Waals surface area contributed by atoms with Gasteiger partial charge in [0.2, 0.25) is 11.8 Å². The fraction of sp³-hybridized carbons (Fsp3) is 0.267. The first-order valence-electron chi connectivity index (χ1n) is 19.4. The Kier molecular flexibility index (Phi) is 14.9. The van der Waals surface area contributed by atoms with Crippen LogP contribution in [0.5, 0.6) is 0 Å². The highest BCUT2D eigenvalue weighted by Crippen LogP contribution is 2.44. The van der Waals surface area contributed by atoms with Crippen molar-refractivity contribution < 1.29 is 52.5 Å². The number of carbonyl (C=O) groups excluding carboxylic acids is 7. The molecular formula is C45H44N4O11S2. The van der Waals surface area contributed by atoms with Gasteiger partial charge >= 0.3 is 24.1 Å². The normalized spacial score (nSPS) is 14.2. The number of fused-ring (bicyclic) bond motifs is 4. The van der Waals surface area contributed by atoms with E-state index in [1.165, 1.54) is 41.8 Å². The maximum Gasteiger partial charge on any atom is 0.411 e. The van der Waals surface area contributed by atoms with Crippen molar-refractivity contribution in [3.05, 3.63) is 129 Å². The van der Waals surface area contributed by atoms with Crippen molar-refractivity contribution in [1.82, 2.24) is 10.2 Å². The number of aryl methyl sites for hydroxylation is 2. The number of nitrogens with zero attached hydrogens (tertiary/aromatic N) is 1. The maximum absolute atomic E-state index is 12.9. The first-order chi connectivity index (χ1) is 29.9. The number of ether oxygens (including phenoxy) is 4. The summed E-state index contributed by atoms with van der Waals surface area (Å²) < 4.78 is 20.2. The Morgan fingerprint density at radius 2 is 1.47 bits per heavy atom. The number of esters is 2. The fourth-order valence-corrected chi connectivity index (χ4v) is 8.83. The van der Waals surface area contributed by atoms with Gasteiger partial charge in [-0.05, 0) is 53.8 Å². The quantitative estimate of drug-likeness (QED) is 0.0644. The Morgan fingerprint density at radius 1 is 0.839 bits per heavy atom. The molecule has 1 aliphatic heterocycles. The average Bonchev–Trinajstić information content (AvgIpc) is 3.90. The molecule has 322 valence electrons. The zero-order chi connectivity index (χ0) is 44.3. The Balaban J connectivity index is 0.000000214. The summed E-state index contributed by atoms with van der Waals surface area (Å²) in [6.07, 6.45) is -1.49. The van der Waals surface area contributed by atoms with Crippen molar-refractivity contribution in [2.45, 2.75) is 57.8 Å². The van der Waals surface area contributed by atoms with Gasteiger partial charge in [-0.15, -0.1) is 22.7 Å². The molecule has 0 unspecified atom stereocenters. The van der Waals surface area contributed by atoms with Crippen molar-refractivity contribution in [1.29, 1.82) is 0 Å². The lowest BCUT2D eigenvalue weighted by atomic mass is 9.98. The van der Waals surface area contributed by atoms with E-state index in [2.05, 4.69) is 25.4 Å². The topological polar surface area (TPSA) is 196 Å². The lowest BCUT2D eigenvalue weighted by molar-refractivity contribution is -0.144. The Labute approximate surface area is 365 Å². The predicted octanol–water partition coefficient (Wildman–Crippen LogP) is 7.36. The highest BCUT2D eigenvalue weighted by molar-refractivity contribution is 7.16. The standard InChI is InChI=1S/C26H24N2O6S.C19H20N2O5S/c1-15-11-16(13-29)25(35-15)28-24(31)22(12-23(30)33-2)27-26(32)34-14-21-19-9-5-3-7-17(19)18-8-4-6-10-20(18)21;1-12-8-14-10-21(19(24)26-11-13-6-4-3-5-7-13)15(9-16(22)25-2)17(23)20-18(14)27-12/h3-11,13,21-22H,12,14H2,1-2H3,(H,27,32)(H,28,31);3-8,15H,9-11H2,1-2H3,(H,20,23)/t22-;15-/m00/s1. The third-order valence-electron chi connectivity index (χ3n) is 10.0. The van der Waals surface area contributed by atoms with Gasteiger partial charge in [0, 0.05) is 26.8 Å². The number of benzene rings is 3. The van der Waals surface area contributed by atoms with E-state index in [1.54, 1.807) is 13.0 Å². The number of rotatable bonds is 12. The second-order valence-electron chi connectivity index (χ2n) is 14.2. The molecule has 7 rings (SSSR count). The fourth-order valence-electron chi connectivity index (χ4n) is 7.02. The lowest BCUT2D eigenvalue weighted by Crippen LogP contribution is -2.46. The number of carbonyl (C=O) groups is 7. The molecule has 3 heterocycles. The SMILES string of the molecule is COC(=O)C[C@H](NC(=O)OCC1c2ccccc2-c2ccccc21)C(=O)Nc1sc(C)cc1C=O.COC(=O)C[C@H]1C(=O)Nc2sc(C)cc2CN1C(=O)OCc1ccccc1. The summed E-state index contributed by atoms with van der Waals surface area (Å²) in [5.74, 6) is -2.49. The smallest absolute Gasteiger partial charge is 0.411 e. The maximum atomic E-state index is 12.9. The second-order valence-corrected chi connectivity index (χ2v) is 16.7. The summed E-state index contributed by atoms with van der Waals surface area (Å²) >= 11 is 2.65. The highest BCUT2D eigenvalue weighted by atomic mass is 32.1. The van der Waals surface area contributed by atoms with Gasteiger partial charge in [0.05, 0.1) is 33.6 Å². The van der Waals surface area contributed by atoms with Crippen LogP contribution in [0.3, 0.4) is 0 Å². The highest BCUT2D eigenvalue weighted by Gasteiger charge is 2.37. The molecule has 5 aromatic rings. The average molecular weight is 881 g/mol. The van der Waals surface area contributed by atoms with E-state index in [0.717, 1.165) is 43.1 Å². The van der Waals surface area contributed by atoms with Gasteiger partial charge in [0.25, 0.3) is 0 Å². The molecule has 1 aliphatic carbocycles. The summed E-state index contributed by atoms with van der Waals surface area (Å²) in [7, 11) is 2.44. The molecule has 0 saturated carbocycles. The number of methoxy groups -OCH3 is 2. The van der Waals surface area contributed by atoms with E-state index >= 15 is 0 Å². The Morgan fingerprint density at radius 3 is 2.11 bits per heavy atom. The van der Waals surface area contributed by atoms with Gasteiger partial charge in [0.1, 0.15) is 35.3 Å². The van der Waals surface area contributed by atoms with Crippen LogP contribution in [-0.4, -0.2) is 80.0 Å². The minimum absolute atomic E-state index is 0.0613. The molecule has 0 spiro atoms. The van der Waals surface area contributed by atoms with Crippen LogP contribution in [0.4, 0.5) is 19.6 Å². The van der Waals surface area contributed by atoms with Gasteiger partial charge in [-0.2, -0.15) is 0 Å². The first-order valence-corrected chi connectivity index (χ1v) is 21.0. The first kappa shape index (κ1) is 44.7. The van der Waals surface area contributed by atoms with E-state index in [9.17, 15) is 33.6 Å². The minimum atomic E-state index is -1.25. The molecule has 2 aliphatic rings.